The first-order chi connectivity index (χ1) is 19.7. The Balaban J connectivity index is 1.38. The van der Waals surface area contributed by atoms with Crippen LogP contribution >= 0.6 is 0 Å². The minimum atomic E-state index is -4.62. The molecule has 3 aromatic rings. The average molecular weight is 567 g/mol. The zero-order chi connectivity index (χ0) is 28.6. The standard InChI is InChI=1S/C32H33F3N2O4/c1-20(21-5-6-21)40-31(38)36-23-9-7-22(8-10-23)30-28(13-16-32(33,34)35)27-12-11-26(41-25-14-17-39-18-15-25)19-29(27)37(30)24-3-2-4-24/h7-12,19-21,24-25H,2-6,14-15,17-18H2,1H3,(H,36,38). The van der Waals surface area contributed by atoms with E-state index in [1.807, 2.05) is 37.3 Å². The van der Waals surface area contributed by atoms with E-state index in [4.69, 9.17) is 14.2 Å². The largest absolute Gasteiger partial charge is 0.490 e. The number of halogens is 3. The summed E-state index contributed by atoms with van der Waals surface area (Å²) in [7, 11) is 0. The lowest BCUT2D eigenvalue weighted by atomic mass is 9.92. The molecule has 1 amide bonds. The van der Waals surface area contributed by atoms with Crippen LogP contribution in [0.5, 0.6) is 5.75 Å². The monoisotopic (exact) mass is 566 g/mol. The van der Waals surface area contributed by atoms with Gasteiger partial charge in [-0.1, -0.05) is 18.1 Å². The number of hydrogen-bond donors (Lipinski definition) is 1. The van der Waals surface area contributed by atoms with E-state index in [0.29, 0.717) is 47.2 Å². The van der Waals surface area contributed by atoms with Crippen molar-refractivity contribution in [2.75, 3.05) is 18.5 Å². The van der Waals surface area contributed by atoms with Crippen LogP contribution in [-0.2, 0) is 9.47 Å². The third-order valence-corrected chi connectivity index (χ3v) is 8.20. The van der Waals surface area contributed by atoms with Crippen molar-refractivity contribution in [3.63, 3.8) is 0 Å². The Kier molecular flexibility index (Phi) is 7.60. The number of nitrogens with zero attached hydrogens (tertiary/aromatic N) is 1. The predicted molar refractivity (Wildman–Crippen MR) is 150 cm³/mol. The maximum absolute atomic E-state index is 13.3. The molecule has 216 valence electrons. The minimum Gasteiger partial charge on any atom is -0.490 e. The molecule has 1 atom stereocenters. The second-order valence-corrected chi connectivity index (χ2v) is 11.2. The Morgan fingerprint density at radius 1 is 1.05 bits per heavy atom. The number of ether oxygens (including phenoxy) is 3. The number of nitrogens with one attached hydrogen (secondary N) is 1. The van der Waals surface area contributed by atoms with Crippen molar-refractivity contribution >= 4 is 22.7 Å². The molecule has 1 N–H and O–H groups in total. The SMILES string of the molecule is CC(OC(=O)Nc1ccc(-c2c(C#CC(F)(F)F)c3ccc(OC4CCOCC4)cc3n2C2CCC2)cc1)C1CC1. The van der Waals surface area contributed by atoms with Gasteiger partial charge < -0.3 is 18.8 Å². The first-order valence-electron chi connectivity index (χ1n) is 14.4. The number of hydrogen-bond acceptors (Lipinski definition) is 4. The number of benzene rings is 2. The molecule has 2 heterocycles. The number of alkyl halides is 3. The van der Waals surface area contributed by atoms with Crippen molar-refractivity contribution in [1.29, 1.82) is 0 Å². The molecule has 1 aromatic heterocycles. The van der Waals surface area contributed by atoms with Crippen molar-refractivity contribution in [3.8, 4) is 28.8 Å². The van der Waals surface area contributed by atoms with Gasteiger partial charge in [0, 0.05) is 41.9 Å². The molecular weight excluding hydrogens is 533 g/mol. The van der Waals surface area contributed by atoms with E-state index in [0.717, 1.165) is 56.0 Å². The fourth-order valence-electron chi connectivity index (χ4n) is 5.61. The van der Waals surface area contributed by atoms with Gasteiger partial charge in [-0.2, -0.15) is 13.2 Å². The molecule has 9 heteroatoms. The van der Waals surface area contributed by atoms with Crippen molar-refractivity contribution in [2.45, 2.75) is 76.3 Å². The van der Waals surface area contributed by atoms with Gasteiger partial charge in [-0.3, -0.25) is 5.32 Å². The van der Waals surface area contributed by atoms with Crippen LogP contribution in [0, 0.1) is 17.8 Å². The van der Waals surface area contributed by atoms with Gasteiger partial charge in [0.1, 0.15) is 18.0 Å². The predicted octanol–water partition coefficient (Wildman–Crippen LogP) is 7.85. The fraction of sp³-hybridized carbons (Fsp3) is 0.469. The van der Waals surface area contributed by atoms with E-state index < -0.39 is 12.3 Å². The summed E-state index contributed by atoms with van der Waals surface area (Å²) in [5, 5.41) is 3.41. The zero-order valence-corrected chi connectivity index (χ0v) is 22.9. The lowest BCUT2D eigenvalue weighted by Crippen LogP contribution is -2.25. The number of fused-ring (bicyclic) bond motifs is 1. The molecule has 0 spiro atoms. The summed E-state index contributed by atoms with van der Waals surface area (Å²) in [4.78, 5) is 12.3. The van der Waals surface area contributed by atoms with Crippen LogP contribution in [0.1, 0.15) is 63.5 Å². The van der Waals surface area contributed by atoms with Crippen molar-refractivity contribution in [3.05, 3.63) is 48.0 Å². The molecule has 1 aliphatic heterocycles. The van der Waals surface area contributed by atoms with Crippen LogP contribution in [-0.4, -0.2) is 42.3 Å². The third kappa shape index (κ3) is 6.33. The summed E-state index contributed by atoms with van der Waals surface area (Å²) < 4.78 is 59.2. The number of rotatable bonds is 7. The summed E-state index contributed by atoms with van der Waals surface area (Å²) in [5.41, 5.74) is 3.04. The summed E-state index contributed by atoms with van der Waals surface area (Å²) in [6.07, 6.45) is 1.40. The molecule has 41 heavy (non-hydrogen) atoms. The Morgan fingerprint density at radius 2 is 1.78 bits per heavy atom. The second kappa shape index (κ2) is 11.3. The Morgan fingerprint density at radius 3 is 2.41 bits per heavy atom. The van der Waals surface area contributed by atoms with Gasteiger partial charge in [-0.05, 0) is 74.8 Å². The number of aromatic nitrogens is 1. The highest BCUT2D eigenvalue weighted by Crippen LogP contribution is 2.44. The normalized spacial score (nSPS) is 18.7. The molecule has 0 radical (unpaired) electrons. The number of amides is 1. The quantitative estimate of drug-likeness (QED) is 0.296. The van der Waals surface area contributed by atoms with Gasteiger partial charge in [0.25, 0.3) is 0 Å². The van der Waals surface area contributed by atoms with Crippen molar-refractivity contribution < 1.29 is 32.2 Å². The smallest absolute Gasteiger partial charge is 0.458 e. The van der Waals surface area contributed by atoms with Gasteiger partial charge in [-0.25, -0.2) is 4.79 Å². The van der Waals surface area contributed by atoms with Crippen molar-refractivity contribution in [1.82, 2.24) is 4.57 Å². The van der Waals surface area contributed by atoms with Gasteiger partial charge in [0.15, 0.2) is 0 Å². The first kappa shape index (κ1) is 27.5. The molecule has 1 unspecified atom stereocenters. The van der Waals surface area contributed by atoms with Gasteiger partial charge in [-0.15, -0.1) is 0 Å². The number of carbonyl (C=O) groups is 1. The molecule has 0 bridgehead atoms. The summed E-state index contributed by atoms with van der Waals surface area (Å²) in [6, 6.07) is 12.8. The second-order valence-electron chi connectivity index (χ2n) is 11.2. The Bertz CT molecular complexity index is 1470. The molecule has 6 nitrogen and oxygen atoms in total. The third-order valence-electron chi connectivity index (χ3n) is 8.20. The highest BCUT2D eigenvalue weighted by atomic mass is 19.4. The van der Waals surface area contributed by atoms with Crippen LogP contribution in [0.3, 0.4) is 0 Å². The fourth-order valence-corrected chi connectivity index (χ4v) is 5.61. The minimum absolute atomic E-state index is 0.0382. The Hall–Kier alpha value is -3.64. The van der Waals surface area contributed by atoms with E-state index in [-0.39, 0.29) is 18.2 Å². The summed E-state index contributed by atoms with van der Waals surface area (Å²) in [5.74, 6) is 5.07. The molecule has 2 aromatic carbocycles. The van der Waals surface area contributed by atoms with E-state index in [2.05, 4.69) is 15.8 Å². The van der Waals surface area contributed by atoms with E-state index in [1.165, 1.54) is 5.92 Å². The van der Waals surface area contributed by atoms with Crippen LogP contribution < -0.4 is 10.1 Å². The van der Waals surface area contributed by atoms with E-state index >= 15 is 0 Å². The molecule has 1 saturated heterocycles. The lowest BCUT2D eigenvalue weighted by Gasteiger charge is -2.30. The maximum atomic E-state index is 13.3. The molecule has 2 aliphatic carbocycles. The molecular formula is C32H33F3N2O4. The molecule has 3 fully saturated rings. The van der Waals surface area contributed by atoms with E-state index in [9.17, 15) is 18.0 Å². The lowest BCUT2D eigenvalue weighted by molar-refractivity contribution is -0.0696. The highest BCUT2D eigenvalue weighted by Gasteiger charge is 2.31. The molecule has 2 saturated carbocycles. The highest BCUT2D eigenvalue weighted by molar-refractivity contribution is 5.96. The van der Waals surface area contributed by atoms with Gasteiger partial charge in [0.2, 0.25) is 0 Å². The summed E-state index contributed by atoms with van der Waals surface area (Å²) >= 11 is 0. The first-order valence-corrected chi connectivity index (χ1v) is 14.4. The van der Waals surface area contributed by atoms with Crippen molar-refractivity contribution in [2.24, 2.45) is 5.92 Å². The van der Waals surface area contributed by atoms with Gasteiger partial charge in [0.05, 0.1) is 30.0 Å². The Labute approximate surface area is 237 Å². The van der Waals surface area contributed by atoms with Gasteiger partial charge >= 0.3 is 12.3 Å². The van der Waals surface area contributed by atoms with E-state index in [1.54, 1.807) is 12.1 Å². The molecule has 3 aliphatic rings. The number of carbonyl (C=O) groups excluding carboxylic acids is 1. The van der Waals surface area contributed by atoms with Crippen LogP contribution in [0.15, 0.2) is 42.5 Å². The number of anilines is 1. The van der Waals surface area contributed by atoms with Crippen LogP contribution in [0.2, 0.25) is 0 Å². The molecule has 6 rings (SSSR count). The zero-order valence-electron chi connectivity index (χ0n) is 22.9. The topological polar surface area (TPSA) is 61.7 Å². The average Bonchev–Trinajstić information content (AvgIpc) is 3.72. The van der Waals surface area contributed by atoms with Crippen LogP contribution in [0.4, 0.5) is 23.7 Å². The maximum Gasteiger partial charge on any atom is 0.458 e. The van der Waals surface area contributed by atoms with Crippen LogP contribution in [0.25, 0.3) is 22.2 Å². The summed E-state index contributed by atoms with van der Waals surface area (Å²) in [6.45, 7) is 3.19.